The van der Waals surface area contributed by atoms with Crippen LogP contribution in [-0.2, 0) is 27.3 Å². The Morgan fingerprint density at radius 2 is 1.73 bits per heavy atom. The number of hydrogen-bond donors (Lipinski definition) is 0. The monoisotopic (exact) mass is 430 g/mol. The molecule has 0 fully saturated rings. The zero-order valence-corrected chi connectivity index (χ0v) is 17.9. The highest BCUT2D eigenvalue weighted by atomic mass is 32.1. The Morgan fingerprint density at radius 3 is 2.40 bits per heavy atom. The number of hydrogen-bond acceptors (Lipinski definition) is 7. The van der Waals surface area contributed by atoms with E-state index in [4.69, 9.17) is 18.9 Å². The smallest absolute Gasteiger partial charge is 0.325 e. The highest BCUT2D eigenvalue weighted by Crippen LogP contribution is 2.35. The maximum atomic E-state index is 12.7. The minimum atomic E-state index is -0.471. The van der Waals surface area contributed by atoms with E-state index in [0.29, 0.717) is 32.3 Å². The maximum absolute atomic E-state index is 12.7. The van der Waals surface area contributed by atoms with Gasteiger partial charge in [-0.25, -0.2) is 0 Å². The fourth-order valence-electron chi connectivity index (χ4n) is 2.98. The fourth-order valence-corrected chi connectivity index (χ4v) is 4.14. The Hall–Kier alpha value is -3.33. The van der Waals surface area contributed by atoms with Crippen molar-refractivity contribution in [3.05, 3.63) is 46.8 Å². The summed E-state index contributed by atoms with van der Waals surface area (Å²) >= 11 is 1.24. The molecule has 3 aromatic rings. The highest BCUT2D eigenvalue weighted by Gasteiger charge is 2.18. The summed E-state index contributed by atoms with van der Waals surface area (Å²) in [5.74, 6) is 0.966. The molecule has 3 rings (SSSR count). The van der Waals surface area contributed by atoms with Crippen molar-refractivity contribution < 1.29 is 28.5 Å². The van der Waals surface area contributed by atoms with Crippen molar-refractivity contribution in [2.45, 2.75) is 13.0 Å². The number of esters is 1. The van der Waals surface area contributed by atoms with Crippen molar-refractivity contribution in [3.8, 4) is 17.2 Å². The number of rotatable bonds is 7. The van der Waals surface area contributed by atoms with Crippen LogP contribution in [0.3, 0.4) is 0 Å². The number of ether oxygens (including phenoxy) is 4. The van der Waals surface area contributed by atoms with E-state index >= 15 is 0 Å². The number of carbonyl (C=O) groups is 2. The van der Waals surface area contributed by atoms with E-state index in [2.05, 4.69) is 4.99 Å². The van der Waals surface area contributed by atoms with E-state index in [0.717, 1.165) is 5.56 Å². The van der Waals surface area contributed by atoms with Gasteiger partial charge in [0, 0.05) is 0 Å². The van der Waals surface area contributed by atoms with Gasteiger partial charge in [0.05, 0.1) is 34.9 Å². The van der Waals surface area contributed by atoms with Crippen LogP contribution in [0.4, 0.5) is 0 Å². The molecule has 0 radical (unpaired) electrons. The highest BCUT2D eigenvalue weighted by molar-refractivity contribution is 7.16. The Labute approximate surface area is 177 Å². The summed E-state index contributed by atoms with van der Waals surface area (Å²) in [6.45, 7) is -0.120. The Kier molecular flexibility index (Phi) is 6.73. The van der Waals surface area contributed by atoms with E-state index in [-0.39, 0.29) is 18.9 Å². The predicted octanol–water partition coefficient (Wildman–Crippen LogP) is 2.57. The number of nitrogens with zero attached hydrogens (tertiary/aromatic N) is 2. The van der Waals surface area contributed by atoms with Crippen molar-refractivity contribution in [2.24, 2.45) is 4.99 Å². The molecule has 2 aromatic carbocycles. The number of amides is 1. The molecule has 9 heteroatoms. The molecule has 158 valence electrons. The van der Waals surface area contributed by atoms with Crippen LogP contribution in [0.2, 0.25) is 0 Å². The van der Waals surface area contributed by atoms with Crippen molar-refractivity contribution in [1.82, 2.24) is 4.57 Å². The van der Waals surface area contributed by atoms with Crippen LogP contribution >= 0.6 is 11.3 Å². The van der Waals surface area contributed by atoms with Gasteiger partial charge in [0.2, 0.25) is 0 Å². The Morgan fingerprint density at radius 1 is 1.00 bits per heavy atom. The summed E-state index contributed by atoms with van der Waals surface area (Å²) in [5, 5.41) is 0. The molecule has 0 saturated heterocycles. The number of methoxy groups -OCH3 is 4. The van der Waals surface area contributed by atoms with Crippen molar-refractivity contribution in [1.29, 1.82) is 0 Å². The summed E-state index contributed by atoms with van der Waals surface area (Å²) in [7, 11) is 5.96. The third-order valence-electron chi connectivity index (χ3n) is 4.42. The third kappa shape index (κ3) is 4.46. The van der Waals surface area contributed by atoms with Crippen LogP contribution in [0.15, 0.2) is 41.4 Å². The third-order valence-corrected chi connectivity index (χ3v) is 5.51. The van der Waals surface area contributed by atoms with Gasteiger partial charge in [0.15, 0.2) is 4.80 Å². The lowest BCUT2D eigenvalue weighted by molar-refractivity contribution is -0.141. The topological polar surface area (TPSA) is 88.4 Å². The number of benzene rings is 2. The van der Waals surface area contributed by atoms with Gasteiger partial charge in [0.25, 0.3) is 5.91 Å². The SMILES string of the molecule is COC(=O)Cn1c(=NC(=O)Cc2cccc(OC)c2)sc2c(OC)ccc(OC)c21. The average Bonchev–Trinajstić information content (AvgIpc) is 3.10. The zero-order valence-electron chi connectivity index (χ0n) is 17.1. The van der Waals surface area contributed by atoms with Crippen molar-refractivity contribution in [2.75, 3.05) is 28.4 Å². The van der Waals surface area contributed by atoms with Gasteiger partial charge in [-0.05, 0) is 29.8 Å². The summed E-state index contributed by atoms with van der Waals surface area (Å²) in [6, 6.07) is 10.7. The standard InChI is InChI=1S/C21H22N2O6S/c1-26-14-7-5-6-13(10-14)11-17(24)22-21-23(12-18(25)29-4)19-15(27-2)8-9-16(28-3)20(19)30-21/h5-10H,11-12H2,1-4H3. The van der Waals surface area contributed by atoms with E-state index in [1.165, 1.54) is 25.6 Å². The van der Waals surface area contributed by atoms with Crippen molar-refractivity contribution in [3.63, 3.8) is 0 Å². The van der Waals surface area contributed by atoms with Crippen LogP contribution in [-0.4, -0.2) is 44.9 Å². The molecule has 30 heavy (non-hydrogen) atoms. The Bertz CT molecular complexity index is 1150. The van der Waals surface area contributed by atoms with E-state index in [1.54, 1.807) is 43.1 Å². The van der Waals surface area contributed by atoms with Gasteiger partial charge >= 0.3 is 5.97 Å². The van der Waals surface area contributed by atoms with Gasteiger partial charge in [-0.3, -0.25) is 9.59 Å². The van der Waals surface area contributed by atoms with Crippen LogP contribution in [0, 0.1) is 0 Å². The molecule has 1 aromatic heterocycles. The molecular formula is C21H22N2O6S. The number of carbonyl (C=O) groups excluding carboxylic acids is 2. The molecule has 1 heterocycles. The maximum Gasteiger partial charge on any atom is 0.325 e. The molecule has 0 N–H and O–H groups in total. The van der Waals surface area contributed by atoms with Crippen LogP contribution in [0.5, 0.6) is 17.2 Å². The first-order valence-corrected chi connectivity index (χ1v) is 9.84. The number of thiazole rings is 1. The van der Waals surface area contributed by atoms with E-state index < -0.39 is 5.97 Å². The first kappa shape index (κ1) is 21.4. The molecule has 0 saturated carbocycles. The molecule has 0 aliphatic carbocycles. The number of aromatic nitrogens is 1. The summed E-state index contributed by atoms with van der Waals surface area (Å²) in [4.78, 5) is 29.3. The van der Waals surface area contributed by atoms with E-state index in [9.17, 15) is 9.59 Å². The van der Waals surface area contributed by atoms with Gasteiger partial charge < -0.3 is 23.5 Å². The predicted molar refractivity (Wildman–Crippen MR) is 112 cm³/mol. The van der Waals surface area contributed by atoms with Gasteiger partial charge in [-0.1, -0.05) is 23.5 Å². The molecule has 1 amide bonds. The second kappa shape index (κ2) is 9.45. The first-order valence-electron chi connectivity index (χ1n) is 9.02. The lowest BCUT2D eigenvalue weighted by Gasteiger charge is -2.09. The van der Waals surface area contributed by atoms with E-state index in [1.807, 2.05) is 12.1 Å². The molecule has 0 spiro atoms. The fraction of sp³-hybridized carbons (Fsp3) is 0.286. The van der Waals surface area contributed by atoms with Crippen LogP contribution in [0.25, 0.3) is 10.2 Å². The average molecular weight is 430 g/mol. The minimum absolute atomic E-state index is 0.0952. The quantitative estimate of drug-likeness (QED) is 0.536. The molecule has 0 unspecified atom stereocenters. The van der Waals surface area contributed by atoms with Crippen LogP contribution in [0.1, 0.15) is 5.56 Å². The molecule has 0 aliphatic rings. The molecular weight excluding hydrogens is 408 g/mol. The van der Waals surface area contributed by atoms with Crippen LogP contribution < -0.4 is 19.0 Å². The zero-order chi connectivity index (χ0) is 21.7. The van der Waals surface area contributed by atoms with Gasteiger partial charge in [0.1, 0.15) is 34.0 Å². The summed E-state index contributed by atoms with van der Waals surface area (Å²) in [6.07, 6.45) is 0.0952. The van der Waals surface area contributed by atoms with Gasteiger partial charge in [-0.15, -0.1) is 0 Å². The largest absolute Gasteiger partial charge is 0.497 e. The first-order chi connectivity index (χ1) is 14.5. The molecule has 0 aliphatic heterocycles. The molecule has 0 atom stereocenters. The lowest BCUT2D eigenvalue weighted by atomic mass is 10.1. The summed E-state index contributed by atoms with van der Waals surface area (Å²) < 4.78 is 23.2. The van der Waals surface area contributed by atoms with Gasteiger partial charge in [-0.2, -0.15) is 4.99 Å². The second-order valence-electron chi connectivity index (χ2n) is 6.23. The summed E-state index contributed by atoms with van der Waals surface area (Å²) in [5.41, 5.74) is 1.39. The molecule has 0 bridgehead atoms. The second-order valence-corrected chi connectivity index (χ2v) is 7.21. The lowest BCUT2D eigenvalue weighted by Crippen LogP contribution is -2.23. The normalized spacial score (nSPS) is 11.4. The minimum Gasteiger partial charge on any atom is -0.497 e. The number of fused-ring (bicyclic) bond motifs is 1. The molecule has 8 nitrogen and oxygen atoms in total. The van der Waals surface area contributed by atoms with Crippen molar-refractivity contribution >= 4 is 33.4 Å². The Balaban J connectivity index is 2.11.